The minimum absolute atomic E-state index is 0.109. The van der Waals surface area contributed by atoms with E-state index in [4.69, 9.17) is 4.74 Å². The molecule has 0 fully saturated rings. The monoisotopic (exact) mass is 422 g/mol. The molecule has 7 heteroatoms. The molecule has 1 amide bonds. The summed E-state index contributed by atoms with van der Waals surface area (Å²) in [6.45, 7) is 1.83. The van der Waals surface area contributed by atoms with Crippen LogP contribution in [-0.2, 0) is 14.8 Å². The molecule has 0 aromatic heterocycles. The third-order valence-corrected chi connectivity index (χ3v) is 5.75. The zero-order chi connectivity index (χ0) is 21.6. The van der Waals surface area contributed by atoms with Gasteiger partial charge in [0.15, 0.2) is 0 Å². The summed E-state index contributed by atoms with van der Waals surface area (Å²) in [5, 5.41) is 2.71. The number of methoxy groups -OCH3 is 1. The maximum Gasteiger partial charge on any atom is 0.261 e. The summed E-state index contributed by atoms with van der Waals surface area (Å²) >= 11 is 0. The van der Waals surface area contributed by atoms with Crippen LogP contribution in [0.4, 0.5) is 11.4 Å². The van der Waals surface area contributed by atoms with Gasteiger partial charge in [-0.05, 0) is 66.6 Å². The van der Waals surface area contributed by atoms with Crippen LogP contribution in [0.2, 0.25) is 0 Å². The van der Waals surface area contributed by atoms with Gasteiger partial charge in [-0.15, -0.1) is 0 Å². The van der Waals surface area contributed by atoms with E-state index >= 15 is 0 Å². The number of benzene rings is 3. The second-order valence-electron chi connectivity index (χ2n) is 6.54. The molecule has 0 aliphatic carbocycles. The summed E-state index contributed by atoms with van der Waals surface area (Å²) in [6, 6.07) is 20.4. The molecule has 6 nitrogen and oxygen atoms in total. The van der Waals surface area contributed by atoms with Crippen molar-refractivity contribution < 1.29 is 17.9 Å². The number of nitrogens with one attached hydrogen (secondary N) is 2. The fourth-order valence-corrected chi connectivity index (χ4v) is 3.81. The Morgan fingerprint density at radius 1 is 0.933 bits per heavy atom. The predicted molar refractivity (Wildman–Crippen MR) is 119 cm³/mol. The zero-order valence-corrected chi connectivity index (χ0v) is 17.4. The number of carbonyl (C=O) groups is 1. The highest BCUT2D eigenvalue weighted by molar-refractivity contribution is 7.92. The SMILES string of the molecule is COc1ccc(C=CC(=O)Nc2ccc(S(=O)(=O)Nc3ccccc3C)cc2)cc1. The van der Waals surface area contributed by atoms with Crippen molar-refractivity contribution in [3.05, 3.63) is 90.0 Å². The van der Waals surface area contributed by atoms with Gasteiger partial charge in [-0.1, -0.05) is 30.3 Å². The van der Waals surface area contributed by atoms with Crippen molar-refractivity contribution in [2.24, 2.45) is 0 Å². The van der Waals surface area contributed by atoms with Gasteiger partial charge in [0.05, 0.1) is 17.7 Å². The lowest BCUT2D eigenvalue weighted by Crippen LogP contribution is -2.14. The van der Waals surface area contributed by atoms with Crippen molar-refractivity contribution in [1.29, 1.82) is 0 Å². The minimum Gasteiger partial charge on any atom is -0.497 e. The van der Waals surface area contributed by atoms with Gasteiger partial charge in [0, 0.05) is 11.8 Å². The molecule has 0 unspecified atom stereocenters. The van der Waals surface area contributed by atoms with E-state index in [0.717, 1.165) is 16.9 Å². The molecule has 3 rings (SSSR count). The molecule has 3 aromatic rings. The Morgan fingerprint density at radius 2 is 1.60 bits per heavy atom. The van der Waals surface area contributed by atoms with Crippen LogP contribution in [0.3, 0.4) is 0 Å². The molecule has 3 aromatic carbocycles. The van der Waals surface area contributed by atoms with Crippen LogP contribution in [0.15, 0.2) is 83.8 Å². The highest BCUT2D eigenvalue weighted by Crippen LogP contribution is 2.20. The first-order valence-corrected chi connectivity index (χ1v) is 10.7. The van der Waals surface area contributed by atoms with Crippen LogP contribution >= 0.6 is 0 Å². The van der Waals surface area contributed by atoms with Gasteiger partial charge >= 0.3 is 0 Å². The average molecular weight is 423 g/mol. The Balaban J connectivity index is 1.64. The molecule has 0 bridgehead atoms. The lowest BCUT2D eigenvalue weighted by Gasteiger charge is -2.11. The maximum atomic E-state index is 12.6. The normalized spacial score (nSPS) is 11.3. The van der Waals surface area contributed by atoms with E-state index in [1.807, 2.05) is 43.3 Å². The molecule has 0 saturated heterocycles. The number of carbonyl (C=O) groups excluding carboxylic acids is 1. The van der Waals surface area contributed by atoms with E-state index in [1.165, 1.54) is 18.2 Å². The van der Waals surface area contributed by atoms with Gasteiger partial charge < -0.3 is 10.1 Å². The minimum atomic E-state index is -3.72. The summed E-state index contributed by atoms with van der Waals surface area (Å²) in [6.07, 6.45) is 3.09. The Kier molecular flexibility index (Phi) is 6.54. The van der Waals surface area contributed by atoms with Crippen LogP contribution in [0.25, 0.3) is 6.08 Å². The van der Waals surface area contributed by atoms with E-state index in [0.29, 0.717) is 11.4 Å². The van der Waals surface area contributed by atoms with Crippen molar-refractivity contribution in [2.45, 2.75) is 11.8 Å². The maximum absolute atomic E-state index is 12.6. The highest BCUT2D eigenvalue weighted by atomic mass is 32.2. The van der Waals surface area contributed by atoms with E-state index in [-0.39, 0.29) is 10.8 Å². The molecule has 0 atom stereocenters. The van der Waals surface area contributed by atoms with Gasteiger partial charge in [0.1, 0.15) is 5.75 Å². The van der Waals surface area contributed by atoms with Crippen LogP contribution in [0.1, 0.15) is 11.1 Å². The number of amides is 1. The van der Waals surface area contributed by atoms with E-state index < -0.39 is 10.0 Å². The molecule has 0 heterocycles. The first-order chi connectivity index (χ1) is 14.4. The largest absolute Gasteiger partial charge is 0.497 e. The molecule has 0 aliphatic rings. The summed E-state index contributed by atoms with van der Waals surface area (Å²) in [4.78, 5) is 12.2. The quantitative estimate of drug-likeness (QED) is 0.551. The average Bonchev–Trinajstić information content (AvgIpc) is 2.74. The van der Waals surface area contributed by atoms with Crippen LogP contribution < -0.4 is 14.8 Å². The molecule has 0 saturated carbocycles. The number of hydrogen-bond donors (Lipinski definition) is 2. The van der Waals surface area contributed by atoms with Gasteiger partial charge in [0.2, 0.25) is 5.91 Å². The van der Waals surface area contributed by atoms with Crippen molar-refractivity contribution in [2.75, 3.05) is 17.1 Å². The van der Waals surface area contributed by atoms with E-state index in [9.17, 15) is 13.2 Å². The fourth-order valence-electron chi connectivity index (χ4n) is 2.68. The van der Waals surface area contributed by atoms with Gasteiger partial charge in [-0.25, -0.2) is 8.42 Å². The number of para-hydroxylation sites is 1. The van der Waals surface area contributed by atoms with Crippen LogP contribution in [0, 0.1) is 6.92 Å². The summed E-state index contributed by atoms with van der Waals surface area (Å²) in [7, 11) is -2.13. The van der Waals surface area contributed by atoms with Crippen LogP contribution in [-0.4, -0.2) is 21.4 Å². The summed E-state index contributed by atoms with van der Waals surface area (Å²) < 4.78 is 32.8. The van der Waals surface area contributed by atoms with Crippen molar-refractivity contribution in [1.82, 2.24) is 0 Å². The Morgan fingerprint density at radius 3 is 2.23 bits per heavy atom. The number of hydrogen-bond acceptors (Lipinski definition) is 4. The van der Waals surface area contributed by atoms with Crippen molar-refractivity contribution in [3.8, 4) is 5.75 Å². The zero-order valence-electron chi connectivity index (χ0n) is 16.6. The molecule has 30 heavy (non-hydrogen) atoms. The second kappa shape index (κ2) is 9.28. The second-order valence-corrected chi connectivity index (χ2v) is 8.22. The lowest BCUT2D eigenvalue weighted by atomic mass is 10.2. The number of sulfonamides is 1. The Bertz CT molecular complexity index is 1150. The topological polar surface area (TPSA) is 84.5 Å². The third kappa shape index (κ3) is 5.48. The molecule has 0 radical (unpaired) electrons. The fraction of sp³-hybridized carbons (Fsp3) is 0.0870. The van der Waals surface area contributed by atoms with Crippen LogP contribution in [0.5, 0.6) is 5.75 Å². The van der Waals surface area contributed by atoms with E-state index in [2.05, 4.69) is 10.0 Å². The molecular weight excluding hydrogens is 400 g/mol. The first-order valence-electron chi connectivity index (χ1n) is 9.19. The Hall–Kier alpha value is -3.58. The Labute approximate surface area is 176 Å². The predicted octanol–water partition coefficient (Wildman–Crippen LogP) is 4.46. The van der Waals surface area contributed by atoms with Gasteiger partial charge in [-0.3, -0.25) is 9.52 Å². The number of ether oxygens (including phenoxy) is 1. The number of anilines is 2. The third-order valence-electron chi connectivity index (χ3n) is 4.36. The molecule has 0 spiro atoms. The number of aryl methyl sites for hydroxylation is 1. The van der Waals surface area contributed by atoms with Gasteiger partial charge in [0.25, 0.3) is 10.0 Å². The van der Waals surface area contributed by atoms with E-state index in [1.54, 1.807) is 37.5 Å². The lowest BCUT2D eigenvalue weighted by molar-refractivity contribution is -0.111. The van der Waals surface area contributed by atoms with Gasteiger partial charge in [-0.2, -0.15) is 0 Å². The smallest absolute Gasteiger partial charge is 0.261 e. The number of rotatable bonds is 7. The van der Waals surface area contributed by atoms with Crippen molar-refractivity contribution in [3.63, 3.8) is 0 Å². The molecular formula is C23H22N2O4S. The summed E-state index contributed by atoms with van der Waals surface area (Å²) in [5.74, 6) is 0.419. The molecule has 2 N–H and O–H groups in total. The van der Waals surface area contributed by atoms with Crippen molar-refractivity contribution >= 4 is 33.4 Å². The standard InChI is InChI=1S/C23H22N2O4S/c1-17-5-3-4-6-22(17)25-30(27,28)21-14-10-19(11-15-21)24-23(26)16-9-18-7-12-20(29-2)13-8-18/h3-16,25H,1-2H3,(H,24,26). The molecule has 0 aliphatic heterocycles. The summed E-state index contributed by atoms with van der Waals surface area (Å²) in [5.41, 5.74) is 2.70. The molecule has 154 valence electrons. The highest BCUT2D eigenvalue weighted by Gasteiger charge is 2.15. The first kappa shape index (κ1) is 21.1.